The van der Waals surface area contributed by atoms with Gasteiger partial charge < -0.3 is 5.32 Å². The summed E-state index contributed by atoms with van der Waals surface area (Å²) in [6, 6.07) is 5.80. The fraction of sp³-hybridized carbons (Fsp3) is 0.111. The molecule has 0 atom stereocenters. The van der Waals surface area contributed by atoms with Crippen molar-refractivity contribution in [3.8, 4) is 0 Å². The molecule has 1 aromatic carbocycles. The molecule has 63 valence electrons. The fourth-order valence-electron chi connectivity index (χ4n) is 0.850. The van der Waals surface area contributed by atoms with E-state index in [9.17, 15) is 9.18 Å². The van der Waals surface area contributed by atoms with Crippen LogP contribution in [0, 0.1) is 12.9 Å². The smallest absolute Gasteiger partial charge is 0.224 e. The minimum Gasteiger partial charge on any atom is -0.354 e. The van der Waals surface area contributed by atoms with Gasteiger partial charge in [0, 0.05) is 7.05 Å². The molecule has 0 heterocycles. The fourth-order valence-corrected chi connectivity index (χ4v) is 0.850. The molecule has 0 saturated heterocycles. The highest BCUT2D eigenvalue weighted by atomic mass is 19.1. The van der Waals surface area contributed by atoms with Crippen molar-refractivity contribution in [3.63, 3.8) is 0 Å². The molecule has 1 rings (SSSR count). The molecule has 0 aromatic heterocycles. The summed E-state index contributed by atoms with van der Waals surface area (Å²) in [4.78, 5) is 10.8. The van der Waals surface area contributed by atoms with Gasteiger partial charge in [-0.3, -0.25) is 4.79 Å². The molecule has 0 saturated carbocycles. The van der Waals surface area contributed by atoms with Gasteiger partial charge >= 0.3 is 0 Å². The number of nitrogens with one attached hydrogen (secondary N) is 1. The molecular formula is C9H9FNO. The molecule has 0 bridgehead atoms. The van der Waals surface area contributed by atoms with E-state index in [0.29, 0.717) is 0 Å². The van der Waals surface area contributed by atoms with Gasteiger partial charge in [0.2, 0.25) is 5.91 Å². The lowest BCUT2D eigenvalue weighted by atomic mass is 10.1. The molecule has 1 amide bonds. The summed E-state index contributed by atoms with van der Waals surface area (Å²) in [5.41, 5.74) is 0.776. The maximum absolute atomic E-state index is 12.4. The van der Waals surface area contributed by atoms with Crippen LogP contribution in [0.2, 0.25) is 0 Å². The first kappa shape index (κ1) is 8.71. The van der Waals surface area contributed by atoms with Crippen LogP contribution in [0.15, 0.2) is 24.3 Å². The summed E-state index contributed by atoms with van der Waals surface area (Å²) in [5, 5.41) is 2.25. The summed E-state index contributed by atoms with van der Waals surface area (Å²) in [6.07, 6.45) is 0.240. The van der Waals surface area contributed by atoms with E-state index in [1.54, 1.807) is 12.1 Å². The third-order valence-electron chi connectivity index (χ3n) is 1.48. The second kappa shape index (κ2) is 3.85. The number of hydrogen-bond donors (Lipinski definition) is 1. The first-order valence-corrected chi connectivity index (χ1v) is 3.53. The molecule has 0 aliphatic heterocycles. The standard InChI is InChI=1S/C9H9FNO/c1-11-9(12)6-7-2-4-8(10)5-3-7/h2-5H,1,6H2,(H,11,12). The van der Waals surface area contributed by atoms with Crippen molar-refractivity contribution in [1.29, 1.82) is 0 Å². The van der Waals surface area contributed by atoms with Gasteiger partial charge in [0.1, 0.15) is 5.82 Å². The molecule has 1 aromatic rings. The maximum atomic E-state index is 12.4. The highest BCUT2D eigenvalue weighted by Gasteiger charge is 1.99. The first-order chi connectivity index (χ1) is 5.72. The molecule has 0 aliphatic carbocycles. The van der Waals surface area contributed by atoms with Gasteiger partial charge in [-0.2, -0.15) is 0 Å². The monoisotopic (exact) mass is 166 g/mol. The van der Waals surface area contributed by atoms with Crippen LogP contribution in [0.3, 0.4) is 0 Å². The second-order valence-corrected chi connectivity index (χ2v) is 2.40. The quantitative estimate of drug-likeness (QED) is 0.704. The summed E-state index contributed by atoms with van der Waals surface area (Å²) in [7, 11) is 3.23. The van der Waals surface area contributed by atoms with E-state index in [1.807, 2.05) is 0 Å². The largest absolute Gasteiger partial charge is 0.354 e. The van der Waals surface area contributed by atoms with Crippen LogP contribution in [0.4, 0.5) is 4.39 Å². The summed E-state index contributed by atoms with van der Waals surface area (Å²) in [6.45, 7) is 0. The number of halogens is 1. The number of benzene rings is 1. The van der Waals surface area contributed by atoms with Gasteiger partial charge in [0.05, 0.1) is 6.42 Å². The molecule has 0 spiro atoms. The molecule has 0 aliphatic rings. The predicted octanol–water partition coefficient (Wildman–Crippen LogP) is 1.28. The Balaban J connectivity index is 2.64. The van der Waals surface area contributed by atoms with E-state index < -0.39 is 0 Å². The Labute approximate surface area is 70.4 Å². The minimum absolute atomic E-state index is 0.179. The van der Waals surface area contributed by atoms with Crippen LogP contribution in [0.25, 0.3) is 0 Å². The predicted molar refractivity (Wildman–Crippen MR) is 43.6 cm³/mol. The van der Waals surface area contributed by atoms with Gasteiger partial charge in [-0.05, 0) is 17.7 Å². The molecule has 0 unspecified atom stereocenters. The number of carbonyl (C=O) groups is 1. The van der Waals surface area contributed by atoms with Gasteiger partial charge in [-0.15, -0.1) is 0 Å². The summed E-state index contributed by atoms with van der Waals surface area (Å²) < 4.78 is 12.4. The normalized spacial score (nSPS) is 9.50. The average molecular weight is 166 g/mol. The van der Waals surface area contributed by atoms with Crippen molar-refractivity contribution in [2.45, 2.75) is 6.42 Å². The molecule has 0 fully saturated rings. The topological polar surface area (TPSA) is 29.1 Å². The number of carbonyl (C=O) groups excluding carboxylic acids is 1. The Morgan fingerprint density at radius 2 is 2.00 bits per heavy atom. The van der Waals surface area contributed by atoms with Gasteiger partial charge in [0.25, 0.3) is 0 Å². The Hall–Kier alpha value is -1.38. The lowest BCUT2D eigenvalue weighted by Gasteiger charge is -1.98. The molecule has 1 radical (unpaired) electrons. The lowest BCUT2D eigenvalue weighted by molar-refractivity contribution is -0.119. The van der Waals surface area contributed by atoms with E-state index >= 15 is 0 Å². The molecule has 12 heavy (non-hydrogen) atoms. The van der Waals surface area contributed by atoms with Crippen LogP contribution in [-0.4, -0.2) is 5.91 Å². The number of amides is 1. The Kier molecular flexibility index (Phi) is 2.80. The van der Waals surface area contributed by atoms with Gasteiger partial charge in [0.15, 0.2) is 0 Å². The number of rotatable bonds is 2. The minimum atomic E-state index is -0.297. The average Bonchev–Trinajstić information content (AvgIpc) is 2.09. The van der Waals surface area contributed by atoms with Crippen LogP contribution in [-0.2, 0) is 11.2 Å². The van der Waals surface area contributed by atoms with Crippen LogP contribution in [0.1, 0.15) is 5.56 Å². The number of hydrogen-bond acceptors (Lipinski definition) is 1. The molecule has 3 heteroatoms. The zero-order valence-electron chi connectivity index (χ0n) is 6.51. The van der Waals surface area contributed by atoms with Crippen molar-refractivity contribution >= 4 is 5.91 Å². The van der Waals surface area contributed by atoms with Crippen molar-refractivity contribution in [3.05, 3.63) is 42.7 Å². The van der Waals surface area contributed by atoms with E-state index in [2.05, 4.69) is 12.4 Å². The third kappa shape index (κ3) is 2.34. The third-order valence-corrected chi connectivity index (χ3v) is 1.48. The second-order valence-electron chi connectivity index (χ2n) is 2.40. The van der Waals surface area contributed by atoms with Crippen molar-refractivity contribution in [2.75, 3.05) is 0 Å². The Bertz CT molecular complexity index is 268. The lowest BCUT2D eigenvalue weighted by Crippen LogP contribution is -2.17. The zero-order chi connectivity index (χ0) is 8.97. The SMILES string of the molecule is [CH2]NC(=O)Cc1ccc(F)cc1. The Morgan fingerprint density at radius 3 is 2.50 bits per heavy atom. The maximum Gasteiger partial charge on any atom is 0.224 e. The van der Waals surface area contributed by atoms with Crippen molar-refractivity contribution in [1.82, 2.24) is 5.32 Å². The summed E-state index contributed by atoms with van der Waals surface area (Å²) in [5.74, 6) is -0.476. The van der Waals surface area contributed by atoms with E-state index in [-0.39, 0.29) is 18.1 Å². The van der Waals surface area contributed by atoms with Crippen molar-refractivity contribution < 1.29 is 9.18 Å². The molecule has 2 nitrogen and oxygen atoms in total. The van der Waals surface area contributed by atoms with Gasteiger partial charge in [-0.25, -0.2) is 4.39 Å². The van der Waals surface area contributed by atoms with Crippen LogP contribution in [0.5, 0.6) is 0 Å². The Morgan fingerprint density at radius 1 is 1.42 bits per heavy atom. The van der Waals surface area contributed by atoms with E-state index in [0.717, 1.165) is 5.56 Å². The first-order valence-electron chi connectivity index (χ1n) is 3.53. The van der Waals surface area contributed by atoms with Crippen molar-refractivity contribution in [2.24, 2.45) is 0 Å². The molecular weight excluding hydrogens is 157 g/mol. The zero-order valence-corrected chi connectivity index (χ0v) is 6.51. The van der Waals surface area contributed by atoms with Crippen LogP contribution < -0.4 is 5.32 Å². The molecule has 1 N–H and O–H groups in total. The van der Waals surface area contributed by atoms with Gasteiger partial charge in [-0.1, -0.05) is 12.1 Å². The highest BCUT2D eigenvalue weighted by Crippen LogP contribution is 2.02. The van der Waals surface area contributed by atoms with E-state index in [1.165, 1.54) is 12.1 Å². The van der Waals surface area contributed by atoms with E-state index in [4.69, 9.17) is 0 Å². The highest BCUT2D eigenvalue weighted by molar-refractivity contribution is 5.78. The van der Waals surface area contributed by atoms with Crippen LogP contribution >= 0.6 is 0 Å². The summed E-state index contributed by atoms with van der Waals surface area (Å²) >= 11 is 0.